The molecule has 0 saturated carbocycles. The minimum absolute atomic E-state index is 0.0181. The minimum atomic E-state index is -2.96. The van der Waals surface area contributed by atoms with Gasteiger partial charge in [-0.1, -0.05) is 0 Å². The molecule has 2 heterocycles. The molecule has 1 atom stereocenters. The van der Waals surface area contributed by atoms with Crippen molar-refractivity contribution in [1.82, 2.24) is 9.80 Å². The third kappa shape index (κ3) is 3.59. The average molecular weight is 370 g/mol. The van der Waals surface area contributed by atoms with Crippen molar-refractivity contribution in [2.45, 2.75) is 30.1 Å². The molecule has 1 fully saturated rings. The van der Waals surface area contributed by atoms with Crippen LogP contribution in [-0.4, -0.2) is 58.0 Å². The van der Waals surface area contributed by atoms with Crippen LogP contribution >= 0.6 is 0 Å². The Kier molecular flexibility index (Phi) is 4.68. The summed E-state index contributed by atoms with van der Waals surface area (Å²) < 4.78 is 43.3. The minimum Gasteiger partial charge on any atom is -0.483 e. The van der Waals surface area contributed by atoms with E-state index in [-0.39, 0.29) is 17.3 Å². The molecule has 25 heavy (non-hydrogen) atoms. The Hall–Kier alpha value is -1.80. The summed E-state index contributed by atoms with van der Waals surface area (Å²) in [6.45, 7) is 5.22. The third-order valence-electron chi connectivity index (χ3n) is 4.18. The monoisotopic (exact) mass is 370 g/mol. The van der Waals surface area contributed by atoms with Crippen LogP contribution in [0.3, 0.4) is 0 Å². The van der Waals surface area contributed by atoms with Crippen molar-refractivity contribution < 1.29 is 22.5 Å². The summed E-state index contributed by atoms with van der Waals surface area (Å²) in [5.41, 5.74) is 0.496. The lowest BCUT2D eigenvalue weighted by atomic mass is 9.97. The molecule has 8 heteroatoms. The van der Waals surface area contributed by atoms with E-state index in [1.165, 1.54) is 12.1 Å². The van der Waals surface area contributed by atoms with Crippen LogP contribution in [0, 0.1) is 0 Å². The first-order chi connectivity index (χ1) is 11.7. The molecular weight excluding hydrogens is 350 g/mol. The molecule has 2 aliphatic heterocycles. The Morgan fingerprint density at radius 1 is 1.28 bits per heavy atom. The van der Waals surface area contributed by atoms with E-state index >= 15 is 0 Å². The summed E-state index contributed by atoms with van der Waals surface area (Å²) in [6.07, 6.45) is 1.81. The van der Waals surface area contributed by atoms with Gasteiger partial charge >= 0.3 is 5.76 Å². The number of rotatable bonds is 3. The Bertz CT molecular complexity index is 764. The van der Waals surface area contributed by atoms with E-state index in [0.717, 1.165) is 0 Å². The van der Waals surface area contributed by atoms with E-state index in [1.807, 2.05) is 31.9 Å². The maximum atomic E-state index is 12.8. The summed E-state index contributed by atoms with van der Waals surface area (Å²) >= 11 is 0. The number of ether oxygens (including phenoxy) is 1. The van der Waals surface area contributed by atoms with E-state index in [2.05, 4.69) is 0 Å². The molecule has 0 radical (unpaired) electrons. The van der Waals surface area contributed by atoms with Crippen molar-refractivity contribution in [1.29, 1.82) is 0 Å². The van der Waals surface area contributed by atoms with Gasteiger partial charge in [0.05, 0.1) is 12.2 Å². The molecule has 0 aromatic heterocycles. The first-order valence-electron chi connectivity index (χ1n) is 7.92. The van der Waals surface area contributed by atoms with Crippen LogP contribution in [0.5, 0.6) is 5.75 Å². The van der Waals surface area contributed by atoms with Crippen LogP contribution in [0.1, 0.15) is 19.4 Å². The number of fused-ring (bicyclic) bond motifs is 1. The molecule has 136 valence electrons. The number of hydrogen-bond donors (Lipinski definition) is 0. The van der Waals surface area contributed by atoms with Gasteiger partial charge in [0.1, 0.15) is 22.2 Å². The SMILES string of the molecule is CN1CCN(C2=CC(C)(C)Oc3ccc(S(=O)C(F)F)cc32)C(=O)C1. The van der Waals surface area contributed by atoms with Crippen molar-refractivity contribution in [3.05, 3.63) is 29.8 Å². The third-order valence-corrected chi connectivity index (χ3v) is 5.22. The first-order valence-corrected chi connectivity index (χ1v) is 9.13. The zero-order valence-corrected chi connectivity index (χ0v) is 15.1. The zero-order chi connectivity index (χ0) is 18.4. The van der Waals surface area contributed by atoms with E-state index in [1.54, 1.807) is 11.0 Å². The van der Waals surface area contributed by atoms with Gasteiger partial charge in [-0.3, -0.25) is 9.69 Å². The molecule has 1 amide bonds. The van der Waals surface area contributed by atoms with Crippen LogP contribution in [0.2, 0.25) is 0 Å². The Labute approximate surface area is 147 Å². The van der Waals surface area contributed by atoms with Gasteiger partial charge in [0.15, 0.2) is 0 Å². The number of halogens is 2. The van der Waals surface area contributed by atoms with E-state index in [4.69, 9.17) is 4.74 Å². The number of benzene rings is 1. The Morgan fingerprint density at radius 2 is 2.00 bits per heavy atom. The lowest BCUT2D eigenvalue weighted by Gasteiger charge is -2.39. The zero-order valence-electron chi connectivity index (χ0n) is 14.3. The van der Waals surface area contributed by atoms with Gasteiger partial charge in [-0.05, 0) is 45.2 Å². The number of likely N-dealkylation sites (N-methyl/N-ethyl adjacent to an activating group) is 1. The summed E-state index contributed by atoms with van der Waals surface area (Å²) in [6, 6.07) is 4.36. The average Bonchev–Trinajstić information content (AvgIpc) is 2.52. The van der Waals surface area contributed by atoms with Gasteiger partial charge in [0.25, 0.3) is 0 Å². The van der Waals surface area contributed by atoms with Crippen molar-refractivity contribution >= 4 is 22.4 Å². The van der Waals surface area contributed by atoms with Gasteiger partial charge < -0.3 is 9.64 Å². The van der Waals surface area contributed by atoms with Gasteiger partial charge in [0, 0.05) is 23.5 Å². The predicted octanol–water partition coefficient (Wildman–Crippen LogP) is 2.30. The van der Waals surface area contributed by atoms with Crippen molar-refractivity contribution in [3.8, 4) is 5.75 Å². The molecule has 5 nitrogen and oxygen atoms in total. The molecule has 0 N–H and O–H groups in total. The number of carbonyl (C=O) groups is 1. The molecule has 1 aromatic carbocycles. The van der Waals surface area contributed by atoms with E-state index in [0.29, 0.717) is 30.1 Å². The number of carbonyl (C=O) groups excluding carboxylic acids is 1. The molecule has 2 aliphatic rings. The number of alkyl halides is 2. The van der Waals surface area contributed by atoms with Crippen LogP contribution in [0.4, 0.5) is 8.78 Å². The fraction of sp³-hybridized carbons (Fsp3) is 0.471. The fourth-order valence-electron chi connectivity index (χ4n) is 3.01. The van der Waals surface area contributed by atoms with Gasteiger partial charge in [0.2, 0.25) is 5.91 Å². The van der Waals surface area contributed by atoms with Crippen molar-refractivity contribution in [2.75, 3.05) is 26.7 Å². The number of hydrogen-bond acceptors (Lipinski definition) is 4. The summed E-state index contributed by atoms with van der Waals surface area (Å²) in [5.74, 6) is -2.54. The summed E-state index contributed by atoms with van der Waals surface area (Å²) in [7, 11) is -0.544. The predicted molar refractivity (Wildman–Crippen MR) is 90.7 cm³/mol. The van der Waals surface area contributed by atoms with Crippen molar-refractivity contribution in [3.63, 3.8) is 0 Å². The molecular formula is C17H20F2N2O3S. The second-order valence-electron chi connectivity index (χ2n) is 6.73. The van der Waals surface area contributed by atoms with E-state index < -0.39 is 22.2 Å². The van der Waals surface area contributed by atoms with E-state index in [9.17, 15) is 17.8 Å². The maximum absolute atomic E-state index is 12.8. The van der Waals surface area contributed by atoms with Crippen molar-refractivity contribution in [2.24, 2.45) is 0 Å². The molecule has 1 unspecified atom stereocenters. The molecule has 1 aromatic rings. The highest BCUT2D eigenvalue weighted by Crippen LogP contribution is 2.39. The maximum Gasteiger partial charge on any atom is 0.316 e. The van der Waals surface area contributed by atoms with Gasteiger partial charge in [-0.25, -0.2) is 4.21 Å². The highest BCUT2D eigenvalue weighted by Gasteiger charge is 2.34. The quantitative estimate of drug-likeness (QED) is 0.819. The lowest BCUT2D eigenvalue weighted by molar-refractivity contribution is -0.131. The van der Waals surface area contributed by atoms with Crippen LogP contribution in [0.25, 0.3) is 5.70 Å². The smallest absolute Gasteiger partial charge is 0.316 e. The van der Waals surface area contributed by atoms with Crippen LogP contribution in [-0.2, 0) is 15.6 Å². The summed E-state index contributed by atoms with van der Waals surface area (Å²) in [4.78, 5) is 16.1. The molecule has 0 bridgehead atoms. The fourth-order valence-corrected chi connectivity index (χ4v) is 3.66. The van der Waals surface area contributed by atoms with Crippen LogP contribution in [0.15, 0.2) is 29.2 Å². The van der Waals surface area contributed by atoms with Gasteiger partial charge in [-0.15, -0.1) is 0 Å². The number of nitrogens with zero attached hydrogens (tertiary/aromatic N) is 2. The second-order valence-corrected chi connectivity index (χ2v) is 8.16. The van der Waals surface area contributed by atoms with Crippen LogP contribution < -0.4 is 4.74 Å². The van der Waals surface area contributed by atoms with Gasteiger partial charge in [-0.2, -0.15) is 8.78 Å². The topological polar surface area (TPSA) is 49.9 Å². The highest BCUT2D eigenvalue weighted by molar-refractivity contribution is 7.85. The first kappa shape index (κ1) is 18.0. The molecule has 3 rings (SSSR count). The largest absolute Gasteiger partial charge is 0.483 e. The Balaban J connectivity index is 2.06. The number of amides is 1. The molecule has 0 spiro atoms. The molecule has 1 saturated heterocycles. The number of piperazine rings is 1. The molecule has 0 aliphatic carbocycles. The standard InChI is InChI=1S/C17H20F2N2O3S/c1-17(2)9-13(21-7-6-20(3)10-15(21)22)12-8-11(25(23)16(18)19)4-5-14(12)24-17/h4-5,8-9,16H,6-7,10H2,1-3H3. The lowest BCUT2D eigenvalue weighted by Crippen LogP contribution is -2.48. The highest BCUT2D eigenvalue weighted by atomic mass is 32.2. The normalized spacial score (nSPS) is 21.6. The Morgan fingerprint density at radius 3 is 2.64 bits per heavy atom. The second kappa shape index (κ2) is 6.49. The summed E-state index contributed by atoms with van der Waals surface area (Å²) in [5, 5.41) is 0.